The molecule has 7 heteroatoms. The zero-order valence-electron chi connectivity index (χ0n) is 13.2. The molecule has 2 aromatic rings. The van der Waals surface area contributed by atoms with Crippen molar-refractivity contribution in [3.05, 3.63) is 41.5 Å². The first kappa shape index (κ1) is 18.6. The van der Waals surface area contributed by atoms with Crippen molar-refractivity contribution in [3.63, 3.8) is 0 Å². The first-order chi connectivity index (χ1) is 11.7. The molecule has 130 valence electrons. The van der Waals surface area contributed by atoms with Crippen LogP contribution in [-0.4, -0.2) is 35.5 Å². The molecule has 1 saturated carbocycles. The number of carbonyl (C=O) groups is 1. The molecule has 1 aromatic carbocycles. The van der Waals surface area contributed by atoms with Gasteiger partial charge < -0.3 is 4.74 Å². The number of rotatable bonds is 4. The lowest BCUT2D eigenvalue weighted by Gasteiger charge is -2.36. The van der Waals surface area contributed by atoms with Crippen molar-refractivity contribution in [1.82, 2.24) is 9.88 Å². The van der Waals surface area contributed by atoms with Crippen LogP contribution in [0.3, 0.4) is 0 Å². The van der Waals surface area contributed by atoms with Gasteiger partial charge in [0.1, 0.15) is 6.10 Å². The van der Waals surface area contributed by atoms with Crippen molar-refractivity contribution in [2.75, 3.05) is 7.05 Å². The highest BCUT2D eigenvalue weighted by molar-refractivity contribution is 7.16. The first-order valence-electron chi connectivity index (χ1n) is 7.48. The number of hydrogen-bond acceptors (Lipinski definition) is 6. The third kappa shape index (κ3) is 3.54. The molecule has 0 N–H and O–H groups in total. The summed E-state index contributed by atoms with van der Waals surface area (Å²) in [6, 6.07) is 6.01. The Bertz CT molecular complexity index is 846. The number of ether oxygens (including phenoxy) is 1. The molecule has 3 rings (SSSR count). The standard InChI is InChI=1S/C17H16N4O2S.CH4/c1-3-21(9-19-2)17(22)23-13-6-12(7-13)15-11(8-18)4-5-14-16(15)20-10-24-14;/h3-5,9-10,12-13H,1,6-7H2,2H3;1H4. The molecule has 1 heterocycles. The maximum absolute atomic E-state index is 12.0. The van der Waals surface area contributed by atoms with Crippen LogP contribution < -0.4 is 0 Å². The largest absolute Gasteiger partial charge is 0.446 e. The van der Waals surface area contributed by atoms with Gasteiger partial charge in [0.05, 0.1) is 33.7 Å². The summed E-state index contributed by atoms with van der Waals surface area (Å²) in [6.07, 6.45) is 3.42. The van der Waals surface area contributed by atoms with E-state index in [1.54, 1.807) is 23.9 Å². The fourth-order valence-electron chi connectivity index (χ4n) is 2.86. The van der Waals surface area contributed by atoms with Crippen LogP contribution in [-0.2, 0) is 4.74 Å². The Morgan fingerprint density at radius 2 is 2.32 bits per heavy atom. The Morgan fingerprint density at radius 3 is 2.96 bits per heavy atom. The number of carbonyl (C=O) groups excluding carboxylic acids is 1. The fraction of sp³-hybridized carbons (Fsp3) is 0.333. The monoisotopic (exact) mass is 356 g/mol. The second-order valence-electron chi connectivity index (χ2n) is 5.48. The Balaban J connectivity index is 0.00000225. The predicted molar refractivity (Wildman–Crippen MR) is 99.8 cm³/mol. The fourth-order valence-corrected chi connectivity index (χ4v) is 3.55. The van der Waals surface area contributed by atoms with Gasteiger partial charge in [-0.2, -0.15) is 5.26 Å². The van der Waals surface area contributed by atoms with Gasteiger partial charge in [-0.3, -0.25) is 4.99 Å². The molecular formula is C18H20N4O2S. The maximum Gasteiger partial charge on any atom is 0.419 e. The van der Waals surface area contributed by atoms with Gasteiger partial charge in [-0.1, -0.05) is 14.0 Å². The number of nitriles is 1. The van der Waals surface area contributed by atoms with Gasteiger partial charge in [-0.25, -0.2) is 14.7 Å². The van der Waals surface area contributed by atoms with Crippen LogP contribution in [0.25, 0.3) is 10.2 Å². The minimum atomic E-state index is -0.494. The molecule has 0 radical (unpaired) electrons. The molecule has 1 fully saturated rings. The van der Waals surface area contributed by atoms with E-state index in [-0.39, 0.29) is 19.4 Å². The number of thiazole rings is 1. The minimum absolute atomic E-state index is 0. The van der Waals surface area contributed by atoms with E-state index < -0.39 is 6.09 Å². The molecule has 6 nitrogen and oxygen atoms in total. The predicted octanol–water partition coefficient (Wildman–Crippen LogP) is 4.29. The van der Waals surface area contributed by atoms with Gasteiger partial charge in [-0.15, -0.1) is 11.3 Å². The molecule has 0 unspecified atom stereocenters. The molecule has 1 amide bonds. The van der Waals surface area contributed by atoms with E-state index in [0.717, 1.165) is 15.8 Å². The number of aliphatic imine (C=N–C) groups is 1. The zero-order valence-corrected chi connectivity index (χ0v) is 14.0. The van der Waals surface area contributed by atoms with Crippen LogP contribution in [0.4, 0.5) is 4.79 Å². The highest BCUT2D eigenvalue weighted by atomic mass is 32.1. The summed E-state index contributed by atoms with van der Waals surface area (Å²) in [6.45, 7) is 3.56. The second-order valence-corrected chi connectivity index (χ2v) is 6.36. The first-order valence-corrected chi connectivity index (χ1v) is 8.35. The number of hydrogen-bond donors (Lipinski definition) is 0. The minimum Gasteiger partial charge on any atom is -0.446 e. The summed E-state index contributed by atoms with van der Waals surface area (Å²) in [5.74, 6) is 0.181. The van der Waals surface area contributed by atoms with Gasteiger partial charge in [0, 0.05) is 18.8 Å². The van der Waals surface area contributed by atoms with Gasteiger partial charge in [0.25, 0.3) is 0 Å². The highest BCUT2D eigenvalue weighted by Gasteiger charge is 2.36. The average molecular weight is 356 g/mol. The number of amides is 1. The lowest BCUT2D eigenvalue weighted by atomic mass is 9.75. The summed E-state index contributed by atoms with van der Waals surface area (Å²) < 4.78 is 6.51. The van der Waals surface area contributed by atoms with E-state index in [1.165, 1.54) is 17.4 Å². The normalized spacial score (nSPS) is 18.9. The molecule has 0 bridgehead atoms. The molecule has 1 aliphatic carbocycles. The number of aromatic nitrogens is 1. The molecule has 1 aromatic heterocycles. The number of fused-ring (bicyclic) bond motifs is 1. The third-order valence-corrected chi connectivity index (χ3v) is 4.87. The highest BCUT2D eigenvalue weighted by Crippen LogP contribution is 2.43. The molecule has 1 aliphatic rings. The smallest absolute Gasteiger partial charge is 0.419 e. The van der Waals surface area contributed by atoms with Crippen LogP contribution in [0.1, 0.15) is 37.3 Å². The van der Waals surface area contributed by atoms with Crippen molar-refractivity contribution in [2.45, 2.75) is 32.3 Å². The summed E-state index contributed by atoms with van der Waals surface area (Å²) in [5, 5.41) is 9.37. The second kappa shape index (κ2) is 7.90. The van der Waals surface area contributed by atoms with E-state index >= 15 is 0 Å². The Labute approximate surface area is 151 Å². The van der Waals surface area contributed by atoms with Crippen LogP contribution >= 0.6 is 11.3 Å². The summed E-state index contributed by atoms with van der Waals surface area (Å²) in [4.78, 5) is 21.4. The van der Waals surface area contributed by atoms with Crippen molar-refractivity contribution in [3.8, 4) is 6.07 Å². The van der Waals surface area contributed by atoms with E-state index in [0.29, 0.717) is 18.4 Å². The summed E-state index contributed by atoms with van der Waals surface area (Å²) >= 11 is 1.56. The van der Waals surface area contributed by atoms with Crippen molar-refractivity contribution in [1.29, 1.82) is 5.26 Å². The Kier molecular flexibility index (Phi) is 5.88. The zero-order chi connectivity index (χ0) is 17.1. The maximum atomic E-state index is 12.0. The van der Waals surface area contributed by atoms with Crippen LogP contribution in [0.15, 0.2) is 35.4 Å². The van der Waals surface area contributed by atoms with Crippen LogP contribution in [0.2, 0.25) is 0 Å². The van der Waals surface area contributed by atoms with E-state index in [9.17, 15) is 10.1 Å². The molecule has 0 aliphatic heterocycles. The van der Waals surface area contributed by atoms with Crippen LogP contribution in [0.5, 0.6) is 0 Å². The quantitative estimate of drug-likeness (QED) is 0.605. The summed E-state index contributed by atoms with van der Waals surface area (Å²) in [7, 11) is 1.57. The lowest BCUT2D eigenvalue weighted by Crippen LogP contribution is -2.36. The Morgan fingerprint density at radius 1 is 1.56 bits per heavy atom. The molecule has 25 heavy (non-hydrogen) atoms. The molecule has 0 spiro atoms. The average Bonchev–Trinajstić information content (AvgIpc) is 3.03. The molecule has 0 atom stereocenters. The number of nitrogens with zero attached hydrogens (tertiary/aromatic N) is 4. The van der Waals surface area contributed by atoms with Crippen LogP contribution in [0, 0.1) is 11.3 Å². The third-order valence-electron chi connectivity index (χ3n) is 4.08. The van der Waals surface area contributed by atoms with Crippen molar-refractivity contribution >= 4 is 34.0 Å². The van der Waals surface area contributed by atoms with E-state index in [1.807, 2.05) is 12.1 Å². The molecular weight excluding hydrogens is 336 g/mol. The van der Waals surface area contributed by atoms with Gasteiger partial charge >= 0.3 is 6.09 Å². The van der Waals surface area contributed by atoms with E-state index in [2.05, 4.69) is 22.6 Å². The lowest BCUT2D eigenvalue weighted by molar-refractivity contribution is 0.0318. The van der Waals surface area contributed by atoms with Gasteiger partial charge in [-0.05, 0) is 30.9 Å². The number of benzene rings is 1. The topological polar surface area (TPSA) is 78.6 Å². The molecule has 0 saturated heterocycles. The Hall–Kier alpha value is -2.72. The van der Waals surface area contributed by atoms with Gasteiger partial charge in [0.2, 0.25) is 0 Å². The summed E-state index contributed by atoms with van der Waals surface area (Å²) in [5.41, 5.74) is 4.30. The van der Waals surface area contributed by atoms with Crippen molar-refractivity contribution in [2.24, 2.45) is 4.99 Å². The van der Waals surface area contributed by atoms with Gasteiger partial charge in [0.15, 0.2) is 0 Å². The van der Waals surface area contributed by atoms with E-state index in [4.69, 9.17) is 4.74 Å². The SMILES string of the molecule is C.C=CN(C=NC)C(=O)OC1CC(c2c(C#N)ccc3scnc23)C1. The van der Waals surface area contributed by atoms with Crippen molar-refractivity contribution < 1.29 is 9.53 Å².